The number of hydrogen-bond acceptors (Lipinski definition) is 5. The van der Waals surface area contributed by atoms with Crippen LogP contribution in [0.2, 0.25) is 0 Å². The Kier molecular flexibility index (Phi) is 1.70. The molecule has 3 rings (SSSR count). The molecule has 0 aliphatic carbocycles. The number of hydrogen-bond donors (Lipinski definition) is 2. The predicted molar refractivity (Wildman–Crippen MR) is 58.6 cm³/mol. The van der Waals surface area contributed by atoms with Crippen molar-refractivity contribution in [2.45, 2.75) is 0 Å². The number of aromatic nitrogens is 1. The first kappa shape index (κ1) is 8.90. The maximum Gasteiger partial charge on any atom is 0.287 e. The van der Waals surface area contributed by atoms with Crippen LogP contribution in [0.1, 0.15) is 16.1 Å². The van der Waals surface area contributed by atoms with Gasteiger partial charge in [-0.25, -0.2) is 0 Å². The molecule has 1 aliphatic heterocycles. The fraction of sp³-hybridized carbons (Fsp3) is 0.100. The lowest BCUT2D eigenvalue weighted by Crippen LogP contribution is -2.10. The maximum atomic E-state index is 11.1. The lowest BCUT2D eigenvalue weighted by Gasteiger charge is -2.11. The fourth-order valence-corrected chi connectivity index (χ4v) is 1.77. The van der Waals surface area contributed by atoms with E-state index in [-0.39, 0.29) is 5.76 Å². The zero-order valence-electron chi connectivity index (χ0n) is 8.23. The molecule has 0 unspecified atom stereocenters. The molecule has 2 heterocycles. The second-order valence-electron chi connectivity index (χ2n) is 3.45. The van der Waals surface area contributed by atoms with E-state index in [1.54, 1.807) is 12.3 Å². The normalized spacial score (nSPS) is 13.5. The van der Waals surface area contributed by atoms with Gasteiger partial charge in [0.25, 0.3) is 5.91 Å². The van der Waals surface area contributed by atoms with Crippen LogP contribution in [0.5, 0.6) is 0 Å². The van der Waals surface area contributed by atoms with Crippen LogP contribution in [0.25, 0.3) is 10.9 Å². The number of anilines is 1. The minimum Gasteiger partial charge on any atom is -0.364 e. The van der Waals surface area contributed by atoms with E-state index in [4.69, 9.17) is 10.3 Å². The first-order valence-corrected chi connectivity index (χ1v) is 4.73. The van der Waals surface area contributed by atoms with Gasteiger partial charge in [0.15, 0.2) is 0 Å². The van der Waals surface area contributed by atoms with Gasteiger partial charge in [0.05, 0.1) is 11.1 Å². The molecular formula is C10H8N4O2. The van der Waals surface area contributed by atoms with Crippen molar-refractivity contribution in [1.29, 1.82) is 0 Å². The SMILES string of the molecule is NC(=O)c1onc2c3c(ccc12)C=NCN3. The molecule has 6 nitrogen and oxygen atoms in total. The van der Waals surface area contributed by atoms with Gasteiger partial charge in [-0.15, -0.1) is 0 Å². The van der Waals surface area contributed by atoms with Crippen molar-refractivity contribution in [2.24, 2.45) is 10.7 Å². The fourth-order valence-electron chi connectivity index (χ4n) is 1.77. The second-order valence-corrected chi connectivity index (χ2v) is 3.45. The lowest BCUT2D eigenvalue weighted by molar-refractivity contribution is 0.0967. The number of aliphatic imine (C=N–C) groups is 1. The van der Waals surface area contributed by atoms with Gasteiger partial charge in [-0.1, -0.05) is 11.2 Å². The molecule has 1 amide bonds. The minimum atomic E-state index is -0.619. The van der Waals surface area contributed by atoms with Gasteiger partial charge in [-0.05, 0) is 6.07 Å². The third-order valence-electron chi connectivity index (χ3n) is 2.48. The Morgan fingerprint density at radius 3 is 3.19 bits per heavy atom. The summed E-state index contributed by atoms with van der Waals surface area (Å²) in [5.41, 5.74) is 7.53. The van der Waals surface area contributed by atoms with E-state index < -0.39 is 5.91 Å². The Morgan fingerprint density at radius 1 is 1.50 bits per heavy atom. The summed E-state index contributed by atoms with van der Waals surface area (Å²) in [6.07, 6.45) is 1.75. The molecule has 16 heavy (non-hydrogen) atoms. The van der Waals surface area contributed by atoms with Crippen LogP contribution in [0.4, 0.5) is 5.69 Å². The third-order valence-corrected chi connectivity index (χ3v) is 2.48. The standard InChI is InChI=1S/C10H8N4O2/c11-10(15)9-6-2-1-5-3-12-4-13-7(5)8(6)14-16-9/h1-3,13H,4H2,(H2,11,15). The number of benzene rings is 1. The quantitative estimate of drug-likeness (QED) is 0.734. The first-order valence-electron chi connectivity index (χ1n) is 4.73. The van der Waals surface area contributed by atoms with E-state index in [1.165, 1.54) is 0 Å². The van der Waals surface area contributed by atoms with Crippen LogP contribution in [0.15, 0.2) is 21.6 Å². The van der Waals surface area contributed by atoms with Crippen molar-refractivity contribution in [1.82, 2.24) is 5.16 Å². The second kappa shape index (κ2) is 3.06. The number of rotatable bonds is 1. The molecule has 0 atom stereocenters. The summed E-state index contributed by atoms with van der Waals surface area (Å²) in [5, 5.41) is 7.56. The Hall–Kier alpha value is -2.37. The van der Waals surface area contributed by atoms with Gasteiger partial charge in [-0.2, -0.15) is 0 Å². The van der Waals surface area contributed by atoms with E-state index in [0.717, 1.165) is 11.3 Å². The molecule has 0 radical (unpaired) electrons. The van der Waals surface area contributed by atoms with Gasteiger partial charge in [0, 0.05) is 11.8 Å². The van der Waals surface area contributed by atoms with Crippen LogP contribution in [0, 0.1) is 0 Å². The van der Waals surface area contributed by atoms with E-state index in [9.17, 15) is 4.79 Å². The molecule has 0 saturated carbocycles. The molecular weight excluding hydrogens is 208 g/mol. The van der Waals surface area contributed by atoms with Crippen molar-refractivity contribution >= 4 is 28.7 Å². The molecule has 1 aliphatic rings. The van der Waals surface area contributed by atoms with Gasteiger partial charge >= 0.3 is 0 Å². The van der Waals surface area contributed by atoms with Gasteiger partial charge < -0.3 is 15.6 Å². The molecule has 0 saturated heterocycles. The number of nitrogens with one attached hydrogen (secondary N) is 1. The summed E-state index contributed by atoms with van der Waals surface area (Å²) >= 11 is 0. The number of fused-ring (bicyclic) bond motifs is 3. The average Bonchev–Trinajstić information content (AvgIpc) is 2.73. The zero-order valence-corrected chi connectivity index (χ0v) is 8.23. The number of carbonyl (C=O) groups is 1. The van der Waals surface area contributed by atoms with E-state index in [0.29, 0.717) is 17.6 Å². The largest absolute Gasteiger partial charge is 0.364 e. The van der Waals surface area contributed by atoms with Crippen molar-refractivity contribution in [2.75, 3.05) is 12.0 Å². The molecule has 3 N–H and O–H groups in total. The van der Waals surface area contributed by atoms with Crippen molar-refractivity contribution in [3.05, 3.63) is 23.5 Å². The van der Waals surface area contributed by atoms with E-state index in [2.05, 4.69) is 15.5 Å². The zero-order chi connectivity index (χ0) is 11.1. The van der Waals surface area contributed by atoms with Crippen LogP contribution in [-0.2, 0) is 0 Å². The monoisotopic (exact) mass is 216 g/mol. The number of primary amides is 1. The smallest absolute Gasteiger partial charge is 0.287 e. The maximum absolute atomic E-state index is 11.1. The van der Waals surface area contributed by atoms with Gasteiger partial charge in [-0.3, -0.25) is 9.79 Å². The summed E-state index contributed by atoms with van der Waals surface area (Å²) in [6, 6.07) is 3.60. The molecule has 2 aromatic rings. The number of nitrogens with two attached hydrogens (primary N) is 1. The highest BCUT2D eigenvalue weighted by atomic mass is 16.5. The Balaban J connectivity index is 2.34. The Morgan fingerprint density at radius 2 is 2.38 bits per heavy atom. The van der Waals surface area contributed by atoms with Crippen molar-refractivity contribution in [3.8, 4) is 0 Å². The number of amides is 1. The van der Waals surface area contributed by atoms with Crippen LogP contribution in [-0.4, -0.2) is 23.9 Å². The highest BCUT2D eigenvalue weighted by molar-refractivity contribution is 6.09. The Bertz CT molecular complexity index is 615. The molecule has 6 heteroatoms. The average molecular weight is 216 g/mol. The van der Waals surface area contributed by atoms with Crippen LogP contribution < -0.4 is 11.1 Å². The van der Waals surface area contributed by atoms with E-state index in [1.807, 2.05) is 6.07 Å². The van der Waals surface area contributed by atoms with Crippen molar-refractivity contribution in [3.63, 3.8) is 0 Å². The van der Waals surface area contributed by atoms with Gasteiger partial charge in [0.2, 0.25) is 5.76 Å². The number of nitrogens with zero attached hydrogens (tertiary/aromatic N) is 2. The Labute approximate surface area is 90.1 Å². The van der Waals surface area contributed by atoms with E-state index >= 15 is 0 Å². The summed E-state index contributed by atoms with van der Waals surface area (Å²) in [6.45, 7) is 0.491. The minimum absolute atomic E-state index is 0.0853. The molecule has 1 aromatic carbocycles. The summed E-state index contributed by atoms with van der Waals surface area (Å²) in [5.74, 6) is -0.533. The summed E-state index contributed by atoms with van der Waals surface area (Å²) < 4.78 is 4.93. The molecule has 80 valence electrons. The molecule has 0 fully saturated rings. The summed E-state index contributed by atoms with van der Waals surface area (Å²) in [4.78, 5) is 15.2. The number of carbonyl (C=O) groups excluding carboxylic acids is 1. The van der Waals surface area contributed by atoms with Crippen LogP contribution >= 0.6 is 0 Å². The topological polar surface area (TPSA) is 93.5 Å². The highest BCUT2D eigenvalue weighted by Crippen LogP contribution is 2.29. The van der Waals surface area contributed by atoms with Crippen molar-refractivity contribution < 1.29 is 9.32 Å². The third kappa shape index (κ3) is 1.10. The molecule has 0 spiro atoms. The summed E-state index contributed by atoms with van der Waals surface area (Å²) in [7, 11) is 0. The van der Waals surface area contributed by atoms with Crippen LogP contribution in [0.3, 0.4) is 0 Å². The highest BCUT2D eigenvalue weighted by Gasteiger charge is 2.18. The molecule has 0 bridgehead atoms. The molecule has 1 aromatic heterocycles. The van der Waals surface area contributed by atoms with Gasteiger partial charge in [0.1, 0.15) is 12.2 Å². The predicted octanol–water partition coefficient (Wildman–Crippen LogP) is 0.729. The first-order chi connectivity index (χ1) is 7.77. The lowest BCUT2D eigenvalue weighted by atomic mass is 10.1.